The minimum Gasteiger partial charge on any atom is -0.250 e. The summed E-state index contributed by atoms with van der Waals surface area (Å²) in [4.78, 5) is 3.92. The summed E-state index contributed by atoms with van der Waals surface area (Å²) in [5, 5.41) is 12.5. The highest BCUT2D eigenvalue weighted by Crippen LogP contribution is 2.39. The highest BCUT2D eigenvalue weighted by Gasteiger charge is 2.36. The second-order valence-electron chi connectivity index (χ2n) is 4.62. The summed E-state index contributed by atoms with van der Waals surface area (Å²) < 4.78 is 40.4. The van der Waals surface area contributed by atoms with Crippen LogP contribution in [0.4, 0.5) is 8.78 Å². The minimum atomic E-state index is -1.68. The molecular weight excluding hydrogens is 298 g/mol. The molecule has 0 amide bonds. The van der Waals surface area contributed by atoms with Crippen molar-refractivity contribution in [3.63, 3.8) is 0 Å². The average molecular weight is 308 g/mol. The second-order valence-corrected chi connectivity index (χ2v) is 5.96. The molecule has 1 unspecified atom stereocenters. The van der Waals surface area contributed by atoms with Crippen molar-refractivity contribution in [3.8, 4) is 6.07 Å². The summed E-state index contributed by atoms with van der Waals surface area (Å²) in [6.07, 6.45) is -1.23. The highest BCUT2D eigenvalue weighted by atomic mass is 32.2. The molecule has 3 atom stereocenters. The number of hydrogen-bond acceptors (Lipinski definition) is 4. The number of nitriles is 1. The first-order chi connectivity index (χ1) is 10.1. The molecule has 3 rings (SSSR count). The van der Waals surface area contributed by atoms with Crippen molar-refractivity contribution < 1.29 is 13.0 Å². The number of halogens is 2. The SMILES string of the molecule is N#CC[S@@](=O)c1nc2n(n1)C(c1cccc(F)c1)C[C@@H]2F. The number of nitrogens with zero attached hydrogens (tertiary/aromatic N) is 4. The fraction of sp³-hybridized carbons (Fsp3) is 0.308. The molecule has 1 aromatic heterocycles. The van der Waals surface area contributed by atoms with Crippen LogP contribution in [0.5, 0.6) is 0 Å². The Bertz CT molecular complexity index is 755. The fourth-order valence-electron chi connectivity index (χ4n) is 2.37. The quantitative estimate of drug-likeness (QED) is 0.870. The third-order valence-corrected chi connectivity index (χ3v) is 4.25. The molecule has 0 fully saturated rings. The monoisotopic (exact) mass is 308 g/mol. The lowest BCUT2D eigenvalue weighted by molar-refractivity contribution is 0.326. The van der Waals surface area contributed by atoms with Gasteiger partial charge in [0.05, 0.1) is 12.1 Å². The maximum Gasteiger partial charge on any atom is 0.240 e. The first kappa shape index (κ1) is 13.8. The second kappa shape index (κ2) is 5.33. The first-order valence-corrected chi connectivity index (χ1v) is 7.53. The van der Waals surface area contributed by atoms with E-state index in [9.17, 15) is 13.0 Å². The van der Waals surface area contributed by atoms with E-state index in [1.807, 2.05) is 0 Å². The summed E-state index contributed by atoms with van der Waals surface area (Å²) in [6.45, 7) is 0. The van der Waals surface area contributed by atoms with Gasteiger partial charge in [-0.05, 0) is 17.7 Å². The van der Waals surface area contributed by atoms with Crippen molar-refractivity contribution >= 4 is 10.8 Å². The minimum absolute atomic E-state index is 0.0599. The Morgan fingerprint density at radius 3 is 3.05 bits per heavy atom. The maximum atomic E-state index is 14.0. The summed E-state index contributed by atoms with van der Waals surface area (Å²) in [5.74, 6) is -0.583. The van der Waals surface area contributed by atoms with Gasteiger partial charge in [0.15, 0.2) is 12.0 Å². The molecule has 2 heterocycles. The van der Waals surface area contributed by atoms with Gasteiger partial charge in [-0.3, -0.25) is 0 Å². The molecule has 0 radical (unpaired) electrons. The molecule has 1 aliphatic heterocycles. The zero-order valence-corrected chi connectivity index (χ0v) is 11.6. The summed E-state index contributed by atoms with van der Waals surface area (Å²) in [7, 11) is -1.68. The molecule has 1 aromatic carbocycles. The van der Waals surface area contributed by atoms with Crippen molar-refractivity contribution in [2.45, 2.75) is 23.8 Å². The molecule has 21 heavy (non-hydrogen) atoms. The zero-order chi connectivity index (χ0) is 15.0. The van der Waals surface area contributed by atoms with Gasteiger partial charge in [0.1, 0.15) is 22.4 Å². The van der Waals surface area contributed by atoms with Crippen LogP contribution in [0.2, 0.25) is 0 Å². The molecule has 0 aliphatic carbocycles. The van der Waals surface area contributed by atoms with Crippen LogP contribution in [-0.2, 0) is 10.8 Å². The number of rotatable bonds is 3. The van der Waals surface area contributed by atoms with E-state index >= 15 is 0 Å². The smallest absolute Gasteiger partial charge is 0.240 e. The van der Waals surface area contributed by atoms with Gasteiger partial charge < -0.3 is 0 Å². The van der Waals surface area contributed by atoms with Crippen LogP contribution >= 0.6 is 0 Å². The van der Waals surface area contributed by atoms with Gasteiger partial charge in [-0.15, -0.1) is 5.10 Å². The Morgan fingerprint density at radius 1 is 1.52 bits per heavy atom. The van der Waals surface area contributed by atoms with Gasteiger partial charge >= 0.3 is 0 Å². The zero-order valence-electron chi connectivity index (χ0n) is 10.7. The molecule has 0 spiro atoms. The fourth-order valence-corrected chi connectivity index (χ4v) is 2.99. The average Bonchev–Trinajstić information content (AvgIpc) is 3.00. The van der Waals surface area contributed by atoms with E-state index in [2.05, 4.69) is 10.1 Å². The molecule has 0 saturated heterocycles. The van der Waals surface area contributed by atoms with E-state index in [0.29, 0.717) is 5.56 Å². The van der Waals surface area contributed by atoms with Crippen LogP contribution in [0.3, 0.4) is 0 Å². The molecule has 108 valence electrons. The van der Waals surface area contributed by atoms with Crippen LogP contribution < -0.4 is 0 Å². The van der Waals surface area contributed by atoms with Crippen molar-refractivity contribution in [2.24, 2.45) is 0 Å². The molecule has 1 aliphatic rings. The highest BCUT2D eigenvalue weighted by molar-refractivity contribution is 7.85. The maximum absolute atomic E-state index is 14.0. The van der Waals surface area contributed by atoms with Crippen LogP contribution in [0, 0.1) is 17.1 Å². The normalized spacial score (nSPS) is 21.8. The van der Waals surface area contributed by atoms with E-state index in [4.69, 9.17) is 5.26 Å². The van der Waals surface area contributed by atoms with Gasteiger partial charge in [-0.25, -0.2) is 22.7 Å². The Kier molecular flexibility index (Phi) is 3.51. The lowest BCUT2D eigenvalue weighted by Crippen LogP contribution is -2.09. The van der Waals surface area contributed by atoms with E-state index in [0.717, 1.165) is 0 Å². The third kappa shape index (κ3) is 2.45. The van der Waals surface area contributed by atoms with E-state index in [1.54, 1.807) is 18.2 Å². The summed E-state index contributed by atoms with van der Waals surface area (Å²) in [5.41, 5.74) is 0.582. The van der Waals surface area contributed by atoms with Crippen molar-refractivity contribution in [1.29, 1.82) is 5.26 Å². The number of hydrogen-bond donors (Lipinski definition) is 0. The predicted octanol–water partition coefficient (Wildman–Crippen LogP) is 2.05. The molecule has 0 N–H and O–H groups in total. The molecule has 0 saturated carbocycles. The van der Waals surface area contributed by atoms with Gasteiger partial charge in [0.2, 0.25) is 5.16 Å². The van der Waals surface area contributed by atoms with Crippen LogP contribution in [0.15, 0.2) is 29.4 Å². The van der Waals surface area contributed by atoms with Crippen LogP contribution in [0.1, 0.15) is 30.0 Å². The molecule has 8 heteroatoms. The predicted molar refractivity (Wildman–Crippen MR) is 69.9 cm³/mol. The lowest BCUT2D eigenvalue weighted by Gasteiger charge is -2.11. The van der Waals surface area contributed by atoms with Crippen molar-refractivity contribution in [2.75, 3.05) is 5.75 Å². The van der Waals surface area contributed by atoms with E-state index in [1.165, 1.54) is 16.8 Å². The lowest BCUT2D eigenvalue weighted by atomic mass is 10.0. The first-order valence-electron chi connectivity index (χ1n) is 6.21. The van der Waals surface area contributed by atoms with E-state index < -0.39 is 28.8 Å². The summed E-state index contributed by atoms with van der Waals surface area (Å²) in [6, 6.07) is 7.13. The van der Waals surface area contributed by atoms with Crippen molar-refractivity contribution in [1.82, 2.24) is 14.8 Å². The topological polar surface area (TPSA) is 71.6 Å². The number of alkyl halides is 1. The number of benzene rings is 1. The summed E-state index contributed by atoms with van der Waals surface area (Å²) >= 11 is 0. The van der Waals surface area contributed by atoms with Gasteiger partial charge in [-0.1, -0.05) is 12.1 Å². The van der Waals surface area contributed by atoms with Crippen LogP contribution in [-0.4, -0.2) is 24.7 Å². The van der Waals surface area contributed by atoms with Gasteiger partial charge in [0.25, 0.3) is 0 Å². The van der Waals surface area contributed by atoms with Crippen molar-refractivity contribution in [3.05, 3.63) is 41.5 Å². The molecule has 2 aromatic rings. The molecule has 5 nitrogen and oxygen atoms in total. The molecular formula is C13H10F2N4OS. The Labute approximate surface area is 121 Å². The Morgan fingerprint density at radius 2 is 2.33 bits per heavy atom. The van der Waals surface area contributed by atoms with Gasteiger partial charge in [0, 0.05) is 6.42 Å². The van der Waals surface area contributed by atoms with Crippen LogP contribution in [0.25, 0.3) is 0 Å². The Hall–Kier alpha value is -2.14. The Balaban J connectivity index is 1.99. The van der Waals surface area contributed by atoms with Gasteiger partial charge in [-0.2, -0.15) is 5.26 Å². The number of fused-ring (bicyclic) bond motifs is 1. The largest absolute Gasteiger partial charge is 0.250 e. The number of aromatic nitrogens is 3. The van der Waals surface area contributed by atoms with E-state index in [-0.39, 0.29) is 23.2 Å². The third-order valence-electron chi connectivity index (χ3n) is 3.28. The standard InChI is InChI=1S/C13H10F2N4OS/c14-9-3-1-2-8(6-9)11-7-10(15)12-17-13(18-19(11)12)21(20)5-4-16/h1-3,6,10-11H,5,7H2/t10-,11?,21+/m0/s1. The molecule has 0 bridgehead atoms.